The van der Waals surface area contributed by atoms with Gasteiger partial charge < -0.3 is 36.0 Å². The van der Waals surface area contributed by atoms with Crippen molar-refractivity contribution >= 4 is 45.5 Å². The van der Waals surface area contributed by atoms with Crippen molar-refractivity contribution in [2.75, 3.05) is 88.0 Å². The van der Waals surface area contributed by atoms with E-state index in [0.717, 1.165) is 151 Å². The highest BCUT2D eigenvalue weighted by Crippen LogP contribution is 2.48. The molecule has 0 saturated carbocycles. The van der Waals surface area contributed by atoms with Crippen molar-refractivity contribution in [1.29, 1.82) is 5.26 Å². The lowest BCUT2D eigenvalue weighted by molar-refractivity contribution is -0.134. The van der Waals surface area contributed by atoms with Gasteiger partial charge in [0.25, 0.3) is 0 Å². The van der Waals surface area contributed by atoms with Gasteiger partial charge in [-0.2, -0.15) is 5.26 Å². The predicted octanol–water partition coefficient (Wildman–Crippen LogP) is 6.44. The summed E-state index contributed by atoms with van der Waals surface area (Å²) in [5.41, 5.74) is 14.3. The lowest BCUT2D eigenvalue weighted by atomic mass is 9.70. The molecule has 2 unspecified atom stereocenters. The topological polar surface area (TPSA) is 150 Å². The second-order valence-electron chi connectivity index (χ2n) is 19.1. The normalized spacial score (nSPS) is 23.2. The van der Waals surface area contributed by atoms with Crippen molar-refractivity contribution in [2.24, 2.45) is 11.8 Å². The molecule has 14 heteroatoms. The molecule has 0 spiro atoms. The number of likely N-dealkylation sites (tertiary alicyclic amines) is 2. The molecule has 0 bridgehead atoms. The van der Waals surface area contributed by atoms with Crippen LogP contribution in [-0.4, -0.2) is 115 Å². The van der Waals surface area contributed by atoms with Crippen molar-refractivity contribution in [1.82, 2.24) is 35.3 Å². The summed E-state index contributed by atoms with van der Waals surface area (Å²) in [5, 5.41) is 18.3. The molecule has 3 atom stereocenters. The number of hydrogen-bond acceptors (Lipinski definition) is 12. The first-order valence-electron chi connectivity index (χ1n) is 23.7. The van der Waals surface area contributed by atoms with Crippen LogP contribution in [0.15, 0.2) is 36.2 Å². The van der Waals surface area contributed by atoms with E-state index in [2.05, 4.69) is 82.2 Å². The first kappa shape index (κ1) is 44.9. The van der Waals surface area contributed by atoms with E-state index in [9.17, 15) is 14.9 Å². The van der Waals surface area contributed by atoms with Crippen LogP contribution < -0.4 is 26.2 Å². The number of piperidine rings is 2. The highest BCUT2D eigenvalue weighted by molar-refractivity contribution is 7.16. The molecule has 8 rings (SSSR count). The van der Waals surface area contributed by atoms with E-state index in [1.807, 2.05) is 31.1 Å². The number of carbonyl (C=O) groups is 2. The molecular weight excluding hydrogens is 807 g/mol. The van der Waals surface area contributed by atoms with E-state index in [1.165, 1.54) is 10.4 Å². The number of anilines is 3. The first-order valence-corrected chi connectivity index (χ1v) is 24.5. The van der Waals surface area contributed by atoms with Crippen LogP contribution in [0.25, 0.3) is 5.70 Å². The van der Waals surface area contributed by atoms with Gasteiger partial charge in [0, 0.05) is 86.7 Å². The summed E-state index contributed by atoms with van der Waals surface area (Å²) < 4.78 is 0. The van der Waals surface area contributed by atoms with E-state index in [1.54, 1.807) is 11.3 Å². The summed E-state index contributed by atoms with van der Waals surface area (Å²) in [6.45, 7) is 19.2. The summed E-state index contributed by atoms with van der Waals surface area (Å²) in [6.07, 6.45) is 10.8. The smallest absolute Gasteiger partial charge is 0.236 e. The summed E-state index contributed by atoms with van der Waals surface area (Å²) in [6, 6.07) is 11.1. The van der Waals surface area contributed by atoms with Gasteiger partial charge >= 0.3 is 0 Å². The number of fused-ring (bicyclic) bond motifs is 1. The zero-order valence-corrected chi connectivity index (χ0v) is 39.3. The maximum absolute atomic E-state index is 13.6. The minimum Gasteiger partial charge on any atom is -0.389 e. The maximum atomic E-state index is 13.6. The molecule has 13 nitrogen and oxygen atoms in total. The molecule has 0 radical (unpaired) electrons. The number of aromatic nitrogens is 2. The van der Waals surface area contributed by atoms with Crippen LogP contribution >= 0.6 is 11.3 Å². The molecule has 1 aliphatic carbocycles. The Kier molecular flexibility index (Phi) is 13.7. The molecule has 5 aliphatic rings. The molecule has 6 heterocycles. The number of nitrogens with one attached hydrogen (secondary N) is 2. The molecule has 338 valence electrons. The zero-order valence-electron chi connectivity index (χ0n) is 38.5. The summed E-state index contributed by atoms with van der Waals surface area (Å²) in [4.78, 5) is 48.7. The molecular formula is C49H69N11O2S. The monoisotopic (exact) mass is 876 g/mol. The number of nitrogens with zero attached hydrogens (tertiary/aromatic N) is 8. The average molecular weight is 876 g/mol. The van der Waals surface area contributed by atoms with Crippen LogP contribution in [0.4, 0.5) is 16.6 Å². The van der Waals surface area contributed by atoms with Gasteiger partial charge in [0.1, 0.15) is 17.2 Å². The summed E-state index contributed by atoms with van der Waals surface area (Å²) in [7, 11) is 1.92. The Balaban J connectivity index is 0.780. The quantitative estimate of drug-likeness (QED) is 0.185. The van der Waals surface area contributed by atoms with E-state index in [-0.39, 0.29) is 29.3 Å². The van der Waals surface area contributed by atoms with Gasteiger partial charge in [0.05, 0.1) is 23.5 Å². The minimum atomic E-state index is -0.295. The number of benzene rings is 1. The molecule has 3 fully saturated rings. The first-order chi connectivity index (χ1) is 30.4. The van der Waals surface area contributed by atoms with Crippen LogP contribution in [0.3, 0.4) is 0 Å². The van der Waals surface area contributed by atoms with Crippen LogP contribution in [0.2, 0.25) is 0 Å². The van der Waals surface area contributed by atoms with E-state index >= 15 is 0 Å². The number of thiophene rings is 1. The average Bonchev–Trinajstić information content (AvgIpc) is 3.91. The number of nitrogens with two attached hydrogens (primary N) is 1. The van der Waals surface area contributed by atoms with Crippen molar-refractivity contribution in [2.45, 2.75) is 110 Å². The molecule has 3 saturated heterocycles. The zero-order chi connectivity index (χ0) is 44.4. The Morgan fingerprint density at radius 3 is 2.48 bits per heavy atom. The van der Waals surface area contributed by atoms with E-state index in [0.29, 0.717) is 34.9 Å². The van der Waals surface area contributed by atoms with Crippen LogP contribution in [0.1, 0.15) is 118 Å². The molecule has 1 aromatic carbocycles. The number of piperazine rings is 1. The Bertz CT molecular complexity index is 2210. The van der Waals surface area contributed by atoms with Crippen molar-refractivity contribution in [3.8, 4) is 6.07 Å². The number of rotatable bonds is 12. The highest BCUT2D eigenvalue weighted by atomic mass is 32.1. The van der Waals surface area contributed by atoms with E-state index in [4.69, 9.17) is 15.7 Å². The predicted molar refractivity (Wildman–Crippen MR) is 253 cm³/mol. The Hall–Kier alpha value is -4.71. The third-order valence-electron chi connectivity index (χ3n) is 15.1. The Morgan fingerprint density at radius 2 is 1.78 bits per heavy atom. The SMILES string of the molecule is CCC1=C(c2ccnc(N3CCN(CC(=O)N4CCC(CN5CCC(c6ccc(C)c(N(C)C(=O)C(C)CC)c6)CC5)CC4)CC3)n2)NC([C@@]2(C)CCCc3sc(N)c(C#N)c32)N1. The lowest BCUT2D eigenvalue weighted by Crippen LogP contribution is -2.52. The summed E-state index contributed by atoms with van der Waals surface area (Å²) in [5.74, 6) is 2.31. The fourth-order valence-electron chi connectivity index (χ4n) is 10.8. The van der Waals surface area contributed by atoms with Gasteiger partial charge in [-0.15, -0.1) is 11.3 Å². The number of nitrogen functional groups attached to an aromatic ring is 1. The van der Waals surface area contributed by atoms with Crippen molar-refractivity contribution in [3.63, 3.8) is 0 Å². The fraction of sp³-hybridized carbons (Fsp3) is 0.612. The standard InChI is InChI=1S/C49H69N11O2S/c1-7-32(3)46(62)56(6)40-28-36(12-11-33(40)4)35-16-20-57(21-17-35)30-34-14-22-59(23-15-34)42(61)31-58-24-26-60(27-25-58)48-52-19-13-39(54-48)44-38(8-2)53-47(55-44)49(5)18-9-10-41-43(49)37(29-50)45(51)63-41/h11-13,19,28,32,34-35,47,53,55H,7-10,14-18,20-27,30-31,51H2,1-6H3/t32?,47?,49-/m0/s1. The van der Waals surface area contributed by atoms with Gasteiger partial charge in [-0.05, 0) is 118 Å². The molecule has 4 N–H and O–H groups in total. The number of nitriles is 1. The van der Waals surface area contributed by atoms with Crippen LogP contribution in [0, 0.1) is 30.1 Å². The number of amides is 2. The van der Waals surface area contributed by atoms with Gasteiger partial charge in [0.15, 0.2) is 0 Å². The van der Waals surface area contributed by atoms with Crippen LogP contribution in [-0.2, 0) is 21.4 Å². The number of aryl methyl sites for hydroxylation is 2. The van der Waals surface area contributed by atoms with Gasteiger partial charge in [-0.25, -0.2) is 9.97 Å². The van der Waals surface area contributed by atoms with Crippen LogP contribution in [0.5, 0.6) is 0 Å². The molecule has 4 aliphatic heterocycles. The number of carbonyl (C=O) groups excluding carboxylic acids is 2. The minimum absolute atomic E-state index is 0.0238. The number of allylic oxidation sites excluding steroid dienone is 1. The molecule has 2 amide bonds. The molecule has 63 heavy (non-hydrogen) atoms. The molecule has 2 aromatic heterocycles. The van der Waals surface area contributed by atoms with E-state index < -0.39 is 0 Å². The maximum Gasteiger partial charge on any atom is 0.236 e. The lowest BCUT2D eigenvalue weighted by Gasteiger charge is -2.40. The Morgan fingerprint density at radius 1 is 1.03 bits per heavy atom. The van der Waals surface area contributed by atoms with Gasteiger partial charge in [-0.3, -0.25) is 14.5 Å². The van der Waals surface area contributed by atoms with Gasteiger partial charge in [-0.1, -0.05) is 39.8 Å². The third-order valence-corrected chi connectivity index (χ3v) is 16.2. The summed E-state index contributed by atoms with van der Waals surface area (Å²) >= 11 is 1.57. The molecule has 3 aromatic rings. The second-order valence-corrected chi connectivity index (χ2v) is 20.2. The highest BCUT2D eigenvalue weighted by Gasteiger charge is 2.46. The number of hydrogen-bond donors (Lipinski definition) is 3. The van der Waals surface area contributed by atoms with Gasteiger partial charge in [0.2, 0.25) is 17.8 Å². The second kappa shape index (κ2) is 19.2. The third kappa shape index (κ3) is 9.29. The van der Waals surface area contributed by atoms with Crippen molar-refractivity contribution < 1.29 is 9.59 Å². The fourth-order valence-corrected chi connectivity index (χ4v) is 12.0. The largest absolute Gasteiger partial charge is 0.389 e. The van der Waals surface area contributed by atoms with Crippen molar-refractivity contribution in [3.05, 3.63) is 69.0 Å². The Labute approximate surface area is 379 Å².